The van der Waals surface area contributed by atoms with Gasteiger partial charge in [-0.1, -0.05) is 12.1 Å². The molecular weight excluding hydrogens is 242 g/mol. The lowest BCUT2D eigenvalue weighted by atomic mass is 9.86. The summed E-state index contributed by atoms with van der Waals surface area (Å²) >= 11 is 1.57. The van der Waals surface area contributed by atoms with E-state index in [-0.39, 0.29) is 0 Å². The third-order valence-electron chi connectivity index (χ3n) is 3.83. The molecule has 96 valence electrons. The number of rotatable bonds is 3. The third kappa shape index (κ3) is 2.49. The van der Waals surface area contributed by atoms with Gasteiger partial charge in [-0.25, -0.2) is 0 Å². The maximum atomic E-state index is 5.93. The molecule has 0 saturated heterocycles. The summed E-state index contributed by atoms with van der Waals surface area (Å²) in [6.45, 7) is 1.05. The van der Waals surface area contributed by atoms with Crippen LogP contribution in [0.5, 0.6) is 0 Å². The van der Waals surface area contributed by atoms with Gasteiger partial charge in [-0.15, -0.1) is 0 Å². The monoisotopic (exact) mass is 261 g/mol. The average Bonchev–Trinajstić information content (AvgIpc) is 2.82. The summed E-state index contributed by atoms with van der Waals surface area (Å²) in [6, 6.07) is 8.75. The van der Waals surface area contributed by atoms with Crippen LogP contribution in [0.25, 0.3) is 10.9 Å². The molecule has 0 radical (unpaired) electrons. The van der Waals surface area contributed by atoms with E-state index in [4.69, 9.17) is 5.73 Å². The number of hydrogen-bond donors (Lipinski definition) is 2. The van der Waals surface area contributed by atoms with Crippen LogP contribution in [-0.4, -0.2) is 17.0 Å². The molecule has 1 heterocycles. The van der Waals surface area contributed by atoms with E-state index < -0.39 is 0 Å². The van der Waals surface area contributed by atoms with Crippen LogP contribution in [0.4, 0.5) is 5.00 Å². The van der Waals surface area contributed by atoms with Crippen molar-refractivity contribution in [3.8, 4) is 0 Å². The van der Waals surface area contributed by atoms with Gasteiger partial charge in [-0.2, -0.15) is 4.37 Å². The number of nitrogens with one attached hydrogen (secondary N) is 1. The number of benzene rings is 1. The molecule has 0 bridgehead atoms. The van der Waals surface area contributed by atoms with E-state index in [1.165, 1.54) is 36.1 Å². The first-order valence-corrected chi connectivity index (χ1v) is 7.44. The second-order valence-electron chi connectivity index (χ2n) is 5.19. The Kier molecular flexibility index (Phi) is 3.48. The van der Waals surface area contributed by atoms with Gasteiger partial charge < -0.3 is 11.1 Å². The van der Waals surface area contributed by atoms with Crippen molar-refractivity contribution in [3.63, 3.8) is 0 Å². The Labute approximate surface area is 112 Å². The molecule has 1 fully saturated rings. The number of fused-ring (bicyclic) bond motifs is 1. The zero-order valence-electron chi connectivity index (χ0n) is 10.4. The number of aromatic nitrogens is 1. The van der Waals surface area contributed by atoms with Gasteiger partial charge in [0.05, 0.1) is 5.52 Å². The average molecular weight is 261 g/mol. The van der Waals surface area contributed by atoms with E-state index in [9.17, 15) is 0 Å². The highest BCUT2D eigenvalue weighted by atomic mass is 32.1. The molecule has 3 rings (SSSR count). The Morgan fingerprint density at radius 2 is 2.00 bits per heavy atom. The van der Waals surface area contributed by atoms with E-state index in [1.54, 1.807) is 11.5 Å². The first kappa shape index (κ1) is 11.9. The normalized spacial score (nSPS) is 24.3. The van der Waals surface area contributed by atoms with Crippen molar-refractivity contribution >= 4 is 27.4 Å². The predicted octanol–water partition coefficient (Wildman–Crippen LogP) is 3.23. The van der Waals surface area contributed by atoms with E-state index in [2.05, 4.69) is 27.9 Å². The minimum atomic E-state index is 0.436. The lowest BCUT2D eigenvalue weighted by Gasteiger charge is -2.26. The van der Waals surface area contributed by atoms with Crippen molar-refractivity contribution in [2.24, 2.45) is 11.7 Å². The van der Waals surface area contributed by atoms with E-state index >= 15 is 0 Å². The Bertz CT molecular complexity index is 514. The van der Waals surface area contributed by atoms with Crippen molar-refractivity contribution in [1.29, 1.82) is 0 Å². The molecule has 1 saturated carbocycles. The van der Waals surface area contributed by atoms with E-state index in [1.807, 2.05) is 6.07 Å². The smallest absolute Gasteiger partial charge is 0.117 e. The number of nitrogens with zero attached hydrogens (tertiary/aromatic N) is 1. The highest BCUT2D eigenvalue weighted by molar-refractivity contribution is 7.11. The summed E-state index contributed by atoms with van der Waals surface area (Å²) in [5.74, 6) is 0.769. The molecule has 0 spiro atoms. The Morgan fingerprint density at radius 3 is 2.83 bits per heavy atom. The topological polar surface area (TPSA) is 50.9 Å². The fourth-order valence-electron chi connectivity index (χ4n) is 2.65. The van der Waals surface area contributed by atoms with Crippen LogP contribution >= 0.6 is 11.5 Å². The molecule has 1 aromatic heterocycles. The van der Waals surface area contributed by atoms with Crippen LogP contribution < -0.4 is 11.1 Å². The Morgan fingerprint density at radius 1 is 1.22 bits per heavy atom. The number of anilines is 1. The van der Waals surface area contributed by atoms with Gasteiger partial charge >= 0.3 is 0 Å². The molecule has 0 aliphatic heterocycles. The standard InChI is InChI=1S/C14H19N3S/c15-11-7-5-10(6-8-11)9-16-14-12-3-1-2-4-13(12)17-18-14/h1-4,10-11,16H,5-9,15H2. The molecule has 3 nitrogen and oxygen atoms in total. The Hall–Kier alpha value is -1.13. The van der Waals surface area contributed by atoms with Crippen LogP contribution in [0.15, 0.2) is 24.3 Å². The summed E-state index contributed by atoms with van der Waals surface area (Å²) in [4.78, 5) is 0. The molecule has 0 amide bonds. The lowest BCUT2D eigenvalue weighted by Crippen LogP contribution is -2.29. The molecule has 2 aromatic rings. The third-order valence-corrected chi connectivity index (χ3v) is 4.66. The molecule has 0 atom stereocenters. The van der Waals surface area contributed by atoms with E-state index in [0.717, 1.165) is 18.0 Å². The molecule has 0 unspecified atom stereocenters. The Balaban J connectivity index is 1.63. The summed E-state index contributed by atoms with van der Waals surface area (Å²) < 4.78 is 4.45. The first-order valence-electron chi connectivity index (χ1n) is 6.67. The van der Waals surface area contributed by atoms with Gasteiger partial charge in [-0.05, 0) is 55.3 Å². The van der Waals surface area contributed by atoms with Crippen molar-refractivity contribution in [2.75, 3.05) is 11.9 Å². The van der Waals surface area contributed by atoms with Gasteiger partial charge in [0.1, 0.15) is 5.00 Å². The summed E-state index contributed by atoms with van der Waals surface area (Å²) in [6.07, 6.45) is 4.86. The van der Waals surface area contributed by atoms with Crippen LogP contribution in [0.1, 0.15) is 25.7 Å². The van der Waals surface area contributed by atoms with Gasteiger partial charge in [0.2, 0.25) is 0 Å². The second kappa shape index (κ2) is 5.24. The summed E-state index contributed by atoms with van der Waals surface area (Å²) in [5, 5.41) is 6.02. The molecular formula is C14H19N3S. The molecule has 4 heteroatoms. The number of hydrogen-bond acceptors (Lipinski definition) is 4. The van der Waals surface area contributed by atoms with Gasteiger partial charge in [0.15, 0.2) is 0 Å². The first-order chi connectivity index (χ1) is 8.83. The van der Waals surface area contributed by atoms with Crippen LogP contribution in [0, 0.1) is 5.92 Å². The molecule has 18 heavy (non-hydrogen) atoms. The SMILES string of the molecule is NC1CCC(CNc2snc3ccccc23)CC1. The fraction of sp³-hybridized carbons (Fsp3) is 0.500. The van der Waals surface area contributed by atoms with Gasteiger partial charge in [-0.3, -0.25) is 0 Å². The highest BCUT2D eigenvalue weighted by Gasteiger charge is 2.18. The lowest BCUT2D eigenvalue weighted by molar-refractivity contribution is 0.339. The van der Waals surface area contributed by atoms with Gasteiger partial charge in [0, 0.05) is 18.0 Å². The minimum Gasteiger partial charge on any atom is -0.375 e. The summed E-state index contributed by atoms with van der Waals surface area (Å²) in [7, 11) is 0. The summed E-state index contributed by atoms with van der Waals surface area (Å²) in [5.41, 5.74) is 7.03. The zero-order chi connectivity index (χ0) is 12.4. The molecule has 1 aromatic carbocycles. The van der Waals surface area contributed by atoms with Gasteiger partial charge in [0.25, 0.3) is 0 Å². The fourth-order valence-corrected chi connectivity index (χ4v) is 3.41. The maximum Gasteiger partial charge on any atom is 0.117 e. The van der Waals surface area contributed by atoms with Crippen LogP contribution in [-0.2, 0) is 0 Å². The van der Waals surface area contributed by atoms with Crippen LogP contribution in [0.3, 0.4) is 0 Å². The van der Waals surface area contributed by atoms with E-state index in [0.29, 0.717) is 6.04 Å². The molecule has 1 aliphatic carbocycles. The predicted molar refractivity (Wildman–Crippen MR) is 78.0 cm³/mol. The van der Waals surface area contributed by atoms with Crippen molar-refractivity contribution in [3.05, 3.63) is 24.3 Å². The molecule has 1 aliphatic rings. The zero-order valence-corrected chi connectivity index (χ0v) is 11.2. The molecule has 3 N–H and O–H groups in total. The minimum absolute atomic E-state index is 0.436. The highest BCUT2D eigenvalue weighted by Crippen LogP contribution is 2.29. The maximum absolute atomic E-state index is 5.93. The van der Waals surface area contributed by atoms with Crippen molar-refractivity contribution in [2.45, 2.75) is 31.7 Å². The number of nitrogens with two attached hydrogens (primary N) is 1. The largest absolute Gasteiger partial charge is 0.375 e. The van der Waals surface area contributed by atoms with Crippen LogP contribution in [0.2, 0.25) is 0 Å². The second-order valence-corrected chi connectivity index (χ2v) is 5.96. The van der Waals surface area contributed by atoms with Crippen molar-refractivity contribution in [1.82, 2.24) is 4.37 Å². The van der Waals surface area contributed by atoms with Crippen molar-refractivity contribution < 1.29 is 0 Å². The quantitative estimate of drug-likeness (QED) is 0.892.